The van der Waals surface area contributed by atoms with Gasteiger partial charge < -0.3 is 20.1 Å². The number of hydrogen-bond donors (Lipinski definition) is 2. The van der Waals surface area contributed by atoms with Crippen LogP contribution in [0.15, 0.2) is 42.5 Å². The minimum absolute atomic E-state index is 0.309. The van der Waals surface area contributed by atoms with Gasteiger partial charge in [-0.3, -0.25) is 13.8 Å². The maximum atomic E-state index is 12.8. The molecule has 0 bridgehead atoms. The molecule has 2 aromatic carbocycles. The van der Waals surface area contributed by atoms with Gasteiger partial charge in [-0.25, -0.2) is 0 Å². The second kappa shape index (κ2) is 16.7. The van der Waals surface area contributed by atoms with Crippen LogP contribution >= 0.6 is 0 Å². The Morgan fingerprint density at radius 1 is 0.861 bits per heavy atom. The second-order valence-corrected chi connectivity index (χ2v) is 10.3. The molecule has 7 nitrogen and oxygen atoms in total. The first-order valence-electron chi connectivity index (χ1n) is 12.7. The molecule has 0 aliphatic heterocycles. The topological polar surface area (TPSA) is 93.7 Å². The third-order valence-corrected chi connectivity index (χ3v) is 6.55. The van der Waals surface area contributed by atoms with Crippen molar-refractivity contribution in [3.05, 3.63) is 53.6 Å². The first-order valence-corrected chi connectivity index (χ1v) is 14.5. The van der Waals surface area contributed by atoms with Crippen LogP contribution in [0.5, 0.6) is 11.5 Å². The van der Waals surface area contributed by atoms with Gasteiger partial charge in [-0.15, -0.1) is 0 Å². The lowest BCUT2D eigenvalue weighted by Crippen LogP contribution is -2.27. The molecule has 0 fully saturated rings. The molecule has 1 unspecified atom stereocenters. The summed E-state index contributed by atoms with van der Waals surface area (Å²) in [5.74, 6) is 0.932. The van der Waals surface area contributed by atoms with Crippen LogP contribution in [0.4, 0.5) is 5.69 Å². The van der Waals surface area contributed by atoms with E-state index in [4.69, 9.17) is 9.47 Å². The van der Waals surface area contributed by atoms with Crippen LogP contribution in [0.3, 0.4) is 0 Å². The van der Waals surface area contributed by atoms with Crippen LogP contribution in [0, 0.1) is 0 Å². The fraction of sp³-hybridized carbons (Fsp3) is 0.500. The van der Waals surface area contributed by atoms with E-state index in [2.05, 4.69) is 17.6 Å². The smallest absolute Gasteiger partial charge is 0.255 e. The molecule has 0 heterocycles. The van der Waals surface area contributed by atoms with Crippen molar-refractivity contribution in [2.45, 2.75) is 58.3 Å². The Bertz CT molecular complexity index is 978. The number of anilines is 1. The Kier molecular flexibility index (Phi) is 13.7. The summed E-state index contributed by atoms with van der Waals surface area (Å²) in [4.78, 5) is 25.2. The Balaban J connectivity index is 1.84. The SMILES string of the molecule is CCCCCCCCCCOc1ccc(C(=O)Nc2cc(C(=O)NCCS(C)=O)ccc2OC)cc1. The number of benzene rings is 2. The van der Waals surface area contributed by atoms with Crippen molar-refractivity contribution in [1.29, 1.82) is 0 Å². The van der Waals surface area contributed by atoms with Crippen molar-refractivity contribution >= 4 is 28.3 Å². The van der Waals surface area contributed by atoms with E-state index in [0.29, 0.717) is 41.5 Å². The van der Waals surface area contributed by atoms with Crippen LogP contribution < -0.4 is 20.1 Å². The van der Waals surface area contributed by atoms with Gasteiger partial charge in [0.05, 0.1) is 19.4 Å². The van der Waals surface area contributed by atoms with E-state index in [-0.39, 0.29) is 11.8 Å². The maximum absolute atomic E-state index is 12.8. The molecule has 0 aliphatic carbocycles. The van der Waals surface area contributed by atoms with Crippen molar-refractivity contribution in [1.82, 2.24) is 5.32 Å². The number of rotatable bonds is 17. The van der Waals surface area contributed by atoms with Crippen molar-refractivity contribution in [3.63, 3.8) is 0 Å². The minimum atomic E-state index is -0.985. The van der Waals surface area contributed by atoms with E-state index < -0.39 is 10.8 Å². The number of ether oxygens (including phenoxy) is 2. The van der Waals surface area contributed by atoms with E-state index in [1.807, 2.05) is 0 Å². The number of nitrogens with one attached hydrogen (secondary N) is 2. The van der Waals surface area contributed by atoms with Crippen molar-refractivity contribution in [2.75, 3.05) is 37.6 Å². The Morgan fingerprint density at radius 2 is 1.50 bits per heavy atom. The molecule has 0 aliphatic rings. The molecule has 8 heteroatoms. The van der Waals surface area contributed by atoms with Gasteiger partial charge in [0, 0.05) is 40.5 Å². The highest BCUT2D eigenvalue weighted by Gasteiger charge is 2.14. The monoisotopic (exact) mass is 516 g/mol. The first-order chi connectivity index (χ1) is 17.4. The average molecular weight is 517 g/mol. The summed E-state index contributed by atoms with van der Waals surface area (Å²) in [6, 6.07) is 11.8. The third kappa shape index (κ3) is 10.8. The third-order valence-electron chi connectivity index (χ3n) is 5.77. The van der Waals surface area contributed by atoms with Gasteiger partial charge in [0.25, 0.3) is 11.8 Å². The summed E-state index contributed by atoms with van der Waals surface area (Å²) < 4.78 is 22.3. The van der Waals surface area contributed by atoms with E-state index in [1.165, 1.54) is 52.1 Å². The normalized spacial score (nSPS) is 11.5. The number of amides is 2. The van der Waals surface area contributed by atoms with Crippen LogP contribution in [0.2, 0.25) is 0 Å². The number of methoxy groups -OCH3 is 1. The van der Waals surface area contributed by atoms with Crippen LogP contribution in [0.25, 0.3) is 0 Å². The number of carbonyl (C=O) groups is 2. The highest BCUT2D eigenvalue weighted by molar-refractivity contribution is 7.84. The zero-order valence-corrected chi connectivity index (χ0v) is 22.6. The molecule has 0 radical (unpaired) electrons. The van der Waals surface area contributed by atoms with Gasteiger partial charge in [0.1, 0.15) is 11.5 Å². The zero-order chi connectivity index (χ0) is 26.2. The minimum Gasteiger partial charge on any atom is -0.495 e. The van der Waals surface area contributed by atoms with Gasteiger partial charge in [0.2, 0.25) is 0 Å². The van der Waals surface area contributed by atoms with Crippen molar-refractivity contribution in [3.8, 4) is 11.5 Å². The predicted molar refractivity (Wildman–Crippen MR) is 147 cm³/mol. The first kappa shape index (κ1) is 29.4. The lowest BCUT2D eigenvalue weighted by molar-refractivity contribution is 0.0954. The number of unbranched alkanes of at least 4 members (excludes halogenated alkanes) is 7. The molecule has 36 heavy (non-hydrogen) atoms. The summed E-state index contributed by atoms with van der Waals surface area (Å²) in [7, 11) is 0.515. The lowest BCUT2D eigenvalue weighted by atomic mass is 10.1. The molecule has 198 valence electrons. The largest absolute Gasteiger partial charge is 0.495 e. The van der Waals surface area contributed by atoms with Gasteiger partial charge in [-0.2, -0.15) is 0 Å². The molecule has 0 spiro atoms. The molecule has 1 atom stereocenters. The molecule has 2 amide bonds. The van der Waals surface area contributed by atoms with Crippen LogP contribution in [-0.2, 0) is 10.8 Å². The summed E-state index contributed by atoms with van der Waals surface area (Å²) in [5.41, 5.74) is 1.23. The summed E-state index contributed by atoms with van der Waals surface area (Å²) in [6.07, 6.45) is 11.6. The standard InChI is InChI=1S/C28H40N2O5S/c1-4-5-6-7-8-9-10-11-19-35-24-15-12-22(13-16-24)28(32)30-25-21-23(14-17-26(25)34-2)27(31)29-18-20-36(3)33/h12-17,21H,4-11,18-20H2,1-3H3,(H,29,31)(H,30,32). The van der Waals surface area contributed by atoms with Gasteiger partial charge in [-0.1, -0.05) is 51.9 Å². The summed E-state index contributed by atoms with van der Waals surface area (Å²) >= 11 is 0. The highest BCUT2D eigenvalue weighted by atomic mass is 32.2. The van der Waals surface area contributed by atoms with Crippen LogP contribution in [0.1, 0.15) is 79.0 Å². The summed E-state index contributed by atoms with van der Waals surface area (Å²) in [5, 5.41) is 5.54. The van der Waals surface area contributed by atoms with Gasteiger partial charge >= 0.3 is 0 Å². The lowest BCUT2D eigenvalue weighted by Gasteiger charge is -2.13. The van der Waals surface area contributed by atoms with Crippen LogP contribution in [-0.4, -0.2) is 48.3 Å². The maximum Gasteiger partial charge on any atom is 0.255 e. The molecule has 0 saturated heterocycles. The molecule has 0 aromatic heterocycles. The van der Waals surface area contributed by atoms with Crippen molar-refractivity contribution < 1.29 is 23.3 Å². The fourth-order valence-electron chi connectivity index (χ4n) is 3.68. The second-order valence-electron chi connectivity index (χ2n) is 8.75. The molecular formula is C28H40N2O5S. The van der Waals surface area contributed by atoms with Crippen molar-refractivity contribution in [2.24, 2.45) is 0 Å². The van der Waals surface area contributed by atoms with Gasteiger partial charge in [0.15, 0.2) is 0 Å². The van der Waals surface area contributed by atoms with E-state index in [9.17, 15) is 13.8 Å². The molecule has 2 aromatic rings. The summed E-state index contributed by atoms with van der Waals surface area (Å²) in [6.45, 7) is 3.21. The fourth-order valence-corrected chi connectivity index (χ4v) is 4.07. The quantitative estimate of drug-likeness (QED) is 0.268. The predicted octanol–water partition coefficient (Wildman–Crippen LogP) is 5.58. The Hall–Kier alpha value is -2.87. The molecule has 2 N–H and O–H groups in total. The zero-order valence-electron chi connectivity index (χ0n) is 21.8. The average Bonchev–Trinajstić information content (AvgIpc) is 2.87. The number of hydrogen-bond acceptors (Lipinski definition) is 5. The van der Waals surface area contributed by atoms with E-state index >= 15 is 0 Å². The molecular weight excluding hydrogens is 476 g/mol. The number of carbonyl (C=O) groups excluding carboxylic acids is 2. The highest BCUT2D eigenvalue weighted by Crippen LogP contribution is 2.26. The van der Waals surface area contributed by atoms with E-state index in [1.54, 1.807) is 48.7 Å². The molecule has 0 saturated carbocycles. The Labute approximate surface area is 217 Å². The van der Waals surface area contributed by atoms with Gasteiger partial charge in [-0.05, 0) is 48.9 Å². The Morgan fingerprint density at radius 3 is 2.14 bits per heavy atom. The molecule has 2 rings (SSSR count). The van der Waals surface area contributed by atoms with E-state index in [0.717, 1.165) is 12.2 Å².